The van der Waals surface area contributed by atoms with Crippen molar-refractivity contribution in [2.45, 2.75) is 38.5 Å². The molecule has 1 N–H and O–H groups in total. The third-order valence-electron chi connectivity index (χ3n) is 3.71. The van der Waals surface area contributed by atoms with Crippen LogP contribution in [0.15, 0.2) is 18.3 Å². The molecule has 0 aromatic carbocycles. The average Bonchev–Trinajstić information content (AvgIpc) is 2.48. The smallest absolute Gasteiger partial charge is 0.272 e. The molecule has 2 unspecified atom stereocenters. The summed E-state index contributed by atoms with van der Waals surface area (Å²) >= 11 is 1.93. The molecule has 2 rings (SSSR count). The van der Waals surface area contributed by atoms with Crippen molar-refractivity contribution in [1.82, 2.24) is 9.88 Å². The number of carbonyl (C=O) groups is 1. The van der Waals surface area contributed by atoms with Crippen molar-refractivity contribution >= 4 is 23.4 Å². The SMILES string of the molecule is CCCNc1ccc(C(=O)N2CCSC(C)C2C)nc1. The minimum Gasteiger partial charge on any atom is -0.384 e. The van der Waals surface area contributed by atoms with Crippen LogP contribution < -0.4 is 5.32 Å². The number of hydrogen-bond donors (Lipinski definition) is 1. The van der Waals surface area contributed by atoms with Gasteiger partial charge in [-0.2, -0.15) is 11.8 Å². The molecule has 0 spiro atoms. The molecule has 0 aliphatic carbocycles. The van der Waals surface area contributed by atoms with Gasteiger partial charge in [0.25, 0.3) is 5.91 Å². The maximum atomic E-state index is 12.5. The number of carbonyl (C=O) groups excluding carboxylic acids is 1. The normalized spacial score (nSPS) is 22.6. The van der Waals surface area contributed by atoms with Crippen molar-refractivity contribution in [2.24, 2.45) is 0 Å². The van der Waals surface area contributed by atoms with Gasteiger partial charge in [-0.3, -0.25) is 4.79 Å². The Bertz CT molecular complexity index is 449. The third-order valence-corrected chi connectivity index (χ3v) is 5.04. The summed E-state index contributed by atoms with van der Waals surface area (Å²) in [5.41, 5.74) is 1.51. The van der Waals surface area contributed by atoms with Gasteiger partial charge < -0.3 is 10.2 Å². The average molecular weight is 293 g/mol. The number of thioether (sulfide) groups is 1. The zero-order chi connectivity index (χ0) is 14.5. The Balaban J connectivity index is 2.05. The summed E-state index contributed by atoms with van der Waals surface area (Å²) < 4.78 is 0. The van der Waals surface area contributed by atoms with Crippen LogP contribution in [0.4, 0.5) is 5.69 Å². The van der Waals surface area contributed by atoms with Crippen molar-refractivity contribution < 1.29 is 4.79 Å². The van der Waals surface area contributed by atoms with Gasteiger partial charge in [-0.1, -0.05) is 13.8 Å². The summed E-state index contributed by atoms with van der Waals surface area (Å²) in [6.45, 7) is 8.15. The molecule has 1 fully saturated rings. The van der Waals surface area contributed by atoms with E-state index >= 15 is 0 Å². The summed E-state index contributed by atoms with van der Waals surface area (Å²) in [7, 11) is 0. The lowest BCUT2D eigenvalue weighted by Crippen LogP contribution is -2.48. The Morgan fingerprint density at radius 3 is 2.95 bits per heavy atom. The summed E-state index contributed by atoms with van der Waals surface area (Å²) in [4.78, 5) is 18.8. The first-order chi connectivity index (χ1) is 9.63. The fourth-order valence-electron chi connectivity index (χ4n) is 2.26. The predicted molar refractivity (Wildman–Crippen MR) is 85.4 cm³/mol. The van der Waals surface area contributed by atoms with Gasteiger partial charge in [0.1, 0.15) is 5.69 Å². The first-order valence-corrected chi connectivity index (χ1v) is 8.31. The Kier molecular flexibility index (Phi) is 5.29. The molecule has 0 saturated carbocycles. The number of hydrogen-bond acceptors (Lipinski definition) is 4. The van der Waals surface area contributed by atoms with Crippen molar-refractivity contribution in [3.8, 4) is 0 Å². The number of anilines is 1. The van der Waals surface area contributed by atoms with Crippen LogP contribution >= 0.6 is 11.8 Å². The van der Waals surface area contributed by atoms with Crippen molar-refractivity contribution in [2.75, 3.05) is 24.2 Å². The summed E-state index contributed by atoms with van der Waals surface area (Å²) in [6, 6.07) is 4.02. The van der Waals surface area contributed by atoms with Crippen LogP contribution in [0.1, 0.15) is 37.7 Å². The van der Waals surface area contributed by atoms with E-state index in [2.05, 4.69) is 31.1 Å². The lowest BCUT2D eigenvalue weighted by Gasteiger charge is -2.37. The molecule has 1 aliphatic heterocycles. The van der Waals surface area contributed by atoms with Gasteiger partial charge in [0, 0.05) is 30.1 Å². The predicted octanol–water partition coefficient (Wildman–Crippen LogP) is 2.87. The molecule has 110 valence electrons. The van der Waals surface area contributed by atoms with E-state index in [1.807, 2.05) is 28.8 Å². The van der Waals surface area contributed by atoms with Crippen LogP contribution in [0.5, 0.6) is 0 Å². The topological polar surface area (TPSA) is 45.2 Å². The van der Waals surface area contributed by atoms with Gasteiger partial charge in [-0.25, -0.2) is 4.98 Å². The fraction of sp³-hybridized carbons (Fsp3) is 0.600. The van der Waals surface area contributed by atoms with Gasteiger partial charge in [0.2, 0.25) is 0 Å². The second-order valence-corrected chi connectivity index (χ2v) is 6.66. The number of aromatic nitrogens is 1. The van der Waals surface area contributed by atoms with Crippen LogP contribution in [0.3, 0.4) is 0 Å². The highest BCUT2D eigenvalue weighted by atomic mass is 32.2. The van der Waals surface area contributed by atoms with E-state index in [0.717, 1.165) is 31.0 Å². The molecule has 1 saturated heterocycles. The van der Waals surface area contributed by atoms with Gasteiger partial charge in [-0.05, 0) is 25.5 Å². The van der Waals surface area contributed by atoms with E-state index in [9.17, 15) is 4.79 Å². The third kappa shape index (κ3) is 3.45. The maximum Gasteiger partial charge on any atom is 0.272 e. The highest BCUT2D eigenvalue weighted by Gasteiger charge is 2.29. The molecule has 0 radical (unpaired) electrons. The number of nitrogens with one attached hydrogen (secondary N) is 1. The molecule has 1 aromatic heterocycles. The van der Waals surface area contributed by atoms with E-state index < -0.39 is 0 Å². The molecule has 1 aliphatic rings. The van der Waals surface area contributed by atoms with Crippen LogP contribution in [-0.2, 0) is 0 Å². The first kappa shape index (κ1) is 15.2. The van der Waals surface area contributed by atoms with Gasteiger partial charge >= 0.3 is 0 Å². The molecule has 1 amide bonds. The number of pyridine rings is 1. The van der Waals surface area contributed by atoms with E-state index in [4.69, 9.17) is 0 Å². The van der Waals surface area contributed by atoms with Gasteiger partial charge in [0.05, 0.1) is 11.9 Å². The lowest BCUT2D eigenvalue weighted by molar-refractivity contribution is 0.0692. The highest BCUT2D eigenvalue weighted by molar-refractivity contribution is 8.00. The van der Waals surface area contributed by atoms with Crippen LogP contribution in [-0.4, -0.2) is 45.9 Å². The molecular formula is C15H23N3OS. The molecule has 1 aromatic rings. The summed E-state index contributed by atoms with van der Waals surface area (Å²) in [5, 5.41) is 3.75. The minimum absolute atomic E-state index is 0.0479. The quantitative estimate of drug-likeness (QED) is 0.927. The molecule has 2 heterocycles. The summed E-state index contributed by atoms with van der Waals surface area (Å²) in [5.74, 6) is 1.06. The van der Waals surface area contributed by atoms with E-state index in [1.54, 1.807) is 6.20 Å². The Hall–Kier alpha value is -1.23. The van der Waals surface area contributed by atoms with Crippen LogP contribution in [0.25, 0.3) is 0 Å². The highest BCUT2D eigenvalue weighted by Crippen LogP contribution is 2.25. The van der Waals surface area contributed by atoms with Crippen molar-refractivity contribution in [3.05, 3.63) is 24.0 Å². The molecular weight excluding hydrogens is 270 g/mol. The lowest BCUT2D eigenvalue weighted by atomic mass is 10.2. The first-order valence-electron chi connectivity index (χ1n) is 7.26. The Morgan fingerprint density at radius 2 is 2.30 bits per heavy atom. The molecule has 2 atom stereocenters. The monoisotopic (exact) mass is 293 g/mol. The number of nitrogens with zero attached hydrogens (tertiary/aromatic N) is 2. The zero-order valence-electron chi connectivity index (χ0n) is 12.4. The molecule has 4 nitrogen and oxygen atoms in total. The number of rotatable bonds is 4. The van der Waals surface area contributed by atoms with E-state index in [1.165, 1.54) is 0 Å². The second-order valence-electron chi connectivity index (χ2n) is 5.17. The van der Waals surface area contributed by atoms with E-state index in [0.29, 0.717) is 10.9 Å². The van der Waals surface area contributed by atoms with E-state index in [-0.39, 0.29) is 11.9 Å². The van der Waals surface area contributed by atoms with Crippen molar-refractivity contribution in [1.29, 1.82) is 0 Å². The summed E-state index contributed by atoms with van der Waals surface area (Å²) in [6.07, 6.45) is 2.82. The zero-order valence-corrected chi connectivity index (χ0v) is 13.2. The molecule has 0 bridgehead atoms. The van der Waals surface area contributed by atoms with Gasteiger partial charge in [0.15, 0.2) is 0 Å². The largest absolute Gasteiger partial charge is 0.384 e. The fourth-order valence-corrected chi connectivity index (χ4v) is 3.36. The van der Waals surface area contributed by atoms with Crippen molar-refractivity contribution in [3.63, 3.8) is 0 Å². The molecule has 5 heteroatoms. The van der Waals surface area contributed by atoms with Gasteiger partial charge in [-0.15, -0.1) is 0 Å². The maximum absolute atomic E-state index is 12.5. The Morgan fingerprint density at radius 1 is 1.50 bits per heavy atom. The standard InChI is InChI=1S/C15H23N3OS/c1-4-7-16-13-5-6-14(17-10-13)15(19)18-8-9-20-12(3)11(18)2/h5-6,10-12,16H,4,7-9H2,1-3H3. The molecule has 20 heavy (non-hydrogen) atoms. The van der Waals surface area contributed by atoms with Crippen LogP contribution in [0, 0.1) is 0 Å². The van der Waals surface area contributed by atoms with Crippen LogP contribution in [0.2, 0.25) is 0 Å². The Labute approximate surface area is 125 Å². The minimum atomic E-state index is 0.0479. The second kappa shape index (κ2) is 6.97. The number of amides is 1.